The third kappa shape index (κ3) is 13.2. The van der Waals surface area contributed by atoms with Gasteiger partial charge in [-0.05, 0) is 43.9 Å². The molecule has 0 amide bonds. The number of unbranched alkanes of at least 4 members (excludes halogenated alkanes) is 7. The molecule has 0 saturated carbocycles. The average Bonchev–Trinajstić information content (AvgIpc) is 2.86. The van der Waals surface area contributed by atoms with Crippen LogP contribution < -0.4 is 4.74 Å². The van der Waals surface area contributed by atoms with E-state index in [-0.39, 0.29) is 11.9 Å². The summed E-state index contributed by atoms with van der Waals surface area (Å²) in [6, 6.07) is 18.7. The average molecular weight is 511 g/mol. The minimum atomic E-state index is -0.553. The Morgan fingerprint density at radius 3 is 2.03 bits per heavy atom. The van der Waals surface area contributed by atoms with E-state index in [1.165, 1.54) is 62.5 Å². The lowest BCUT2D eigenvalue weighted by atomic mass is 10.0. The fourth-order valence-electron chi connectivity index (χ4n) is 4.93. The van der Waals surface area contributed by atoms with E-state index in [1.807, 2.05) is 25.1 Å². The van der Waals surface area contributed by atoms with E-state index in [4.69, 9.17) is 9.47 Å². The summed E-state index contributed by atoms with van der Waals surface area (Å²) in [4.78, 5) is 12.9. The van der Waals surface area contributed by atoms with E-state index >= 15 is 0 Å². The predicted octanol–water partition coefficient (Wildman–Crippen LogP) is 8.33. The molecular weight excluding hydrogens is 458 g/mol. The summed E-state index contributed by atoms with van der Waals surface area (Å²) in [5.41, 5.74) is 2.61. The van der Waals surface area contributed by atoms with Crippen molar-refractivity contribution >= 4 is 5.97 Å². The van der Waals surface area contributed by atoms with Gasteiger partial charge in [-0.3, -0.25) is 4.79 Å². The van der Waals surface area contributed by atoms with Crippen molar-refractivity contribution < 1.29 is 18.8 Å². The number of carbonyl (C=O) groups excluding carboxylic acids is 1. The second-order valence-electron chi connectivity index (χ2n) is 11.3. The maximum Gasteiger partial charge on any atom is 0.317 e. The van der Waals surface area contributed by atoms with Gasteiger partial charge in [0.05, 0.1) is 20.6 Å². The Bertz CT molecular complexity index is 863. The van der Waals surface area contributed by atoms with Crippen molar-refractivity contribution in [2.45, 2.75) is 104 Å². The number of ether oxygens (including phenoxy) is 2. The SMILES string of the molecule is CCCCCCCCCCc1ccc(OC(CCC)OC(=O)C(C)C[N+](C)(C)Cc2ccccc2)cc1. The predicted molar refractivity (Wildman–Crippen MR) is 154 cm³/mol. The van der Waals surface area contributed by atoms with Crippen LogP contribution in [0.15, 0.2) is 54.6 Å². The van der Waals surface area contributed by atoms with Gasteiger partial charge in [-0.15, -0.1) is 0 Å². The van der Waals surface area contributed by atoms with Gasteiger partial charge in [0.25, 0.3) is 0 Å². The van der Waals surface area contributed by atoms with Gasteiger partial charge < -0.3 is 14.0 Å². The molecule has 0 radical (unpaired) electrons. The quantitative estimate of drug-likeness (QED) is 0.0824. The Kier molecular flexibility index (Phi) is 14.4. The van der Waals surface area contributed by atoms with Gasteiger partial charge in [-0.2, -0.15) is 0 Å². The minimum Gasteiger partial charge on any atom is -0.455 e. The van der Waals surface area contributed by atoms with E-state index < -0.39 is 6.29 Å². The molecule has 0 spiro atoms. The van der Waals surface area contributed by atoms with E-state index in [0.29, 0.717) is 13.0 Å². The highest BCUT2D eigenvalue weighted by molar-refractivity contribution is 5.72. The smallest absolute Gasteiger partial charge is 0.317 e. The maximum atomic E-state index is 12.9. The summed E-state index contributed by atoms with van der Waals surface area (Å²) in [7, 11) is 4.32. The Hall–Kier alpha value is -2.33. The van der Waals surface area contributed by atoms with Crippen LogP contribution in [-0.4, -0.2) is 37.4 Å². The lowest BCUT2D eigenvalue weighted by molar-refractivity contribution is -0.905. The maximum absolute atomic E-state index is 12.9. The highest BCUT2D eigenvalue weighted by Gasteiger charge is 2.28. The van der Waals surface area contributed by atoms with Gasteiger partial charge in [0.2, 0.25) is 6.29 Å². The third-order valence-corrected chi connectivity index (χ3v) is 6.91. The molecule has 0 aromatic heterocycles. The monoisotopic (exact) mass is 510 g/mol. The largest absolute Gasteiger partial charge is 0.455 e. The first kappa shape index (κ1) is 30.9. The van der Waals surface area contributed by atoms with Crippen LogP contribution in [0.5, 0.6) is 5.75 Å². The molecule has 4 nitrogen and oxygen atoms in total. The second-order valence-corrected chi connectivity index (χ2v) is 11.3. The molecule has 0 N–H and O–H groups in total. The zero-order valence-electron chi connectivity index (χ0n) is 24.2. The van der Waals surface area contributed by atoms with Crippen molar-refractivity contribution in [3.05, 3.63) is 65.7 Å². The van der Waals surface area contributed by atoms with Crippen LogP contribution in [0.3, 0.4) is 0 Å². The molecule has 37 heavy (non-hydrogen) atoms. The van der Waals surface area contributed by atoms with Gasteiger partial charge in [-0.1, -0.05) is 101 Å². The summed E-state index contributed by atoms with van der Waals surface area (Å²) in [6.45, 7) is 7.89. The molecule has 0 bridgehead atoms. The standard InChI is InChI=1S/C33H52NO3/c1-6-8-9-10-11-12-13-15-19-29-22-24-31(25-23-29)36-32(18-7-2)37-33(35)28(3)26-34(4,5)27-30-20-16-14-17-21-30/h14,16-17,20-25,28,32H,6-13,15,18-19,26-27H2,1-5H3/q+1. The number of quaternary nitrogens is 1. The first-order valence-electron chi connectivity index (χ1n) is 14.6. The van der Waals surface area contributed by atoms with Gasteiger partial charge in [0, 0.05) is 12.0 Å². The highest BCUT2D eigenvalue weighted by Crippen LogP contribution is 2.20. The number of carbonyl (C=O) groups is 1. The van der Waals surface area contributed by atoms with E-state index in [1.54, 1.807) is 0 Å². The van der Waals surface area contributed by atoms with Crippen molar-refractivity contribution in [2.24, 2.45) is 5.92 Å². The summed E-state index contributed by atoms with van der Waals surface area (Å²) >= 11 is 0. The molecule has 2 aromatic rings. The number of rotatable bonds is 19. The van der Waals surface area contributed by atoms with Crippen LogP contribution in [-0.2, 0) is 22.5 Å². The Labute approximate surface area is 227 Å². The molecule has 0 aliphatic rings. The second kappa shape index (κ2) is 17.2. The summed E-state index contributed by atoms with van der Waals surface area (Å²) in [5.74, 6) is 0.360. The summed E-state index contributed by atoms with van der Waals surface area (Å²) < 4.78 is 12.7. The van der Waals surface area contributed by atoms with Crippen molar-refractivity contribution in [3.63, 3.8) is 0 Å². The normalized spacial score (nSPS) is 13.2. The van der Waals surface area contributed by atoms with Gasteiger partial charge >= 0.3 is 5.97 Å². The summed E-state index contributed by atoms with van der Waals surface area (Å²) in [6.07, 6.45) is 12.8. The first-order chi connectivity index (χ1) is 17.8. The minimum absolute atomic E-state index is 0.191. The van der Waals surface area contributed by atoms with Crippen molar-refractivity contribution in [1.29, 1.82) is 0 Å². The first-order valence-corrected chi connectivity index (χ1v) is 14.6. The fourth-order valence-corrected chi connectivity index (χ4v) is 4.93. The molecule has 2 aromatic carbocycles. The number of nitrogens with zero attached hydrogens (tertiary/aromatic N) is 1. The molecule has 2 rings (SSSR count). The lowest BCUT2D eigenvalue weighted by Gasteiger charge is -2.32. The van der Waals surface area contributed by atoms with Crippen LogP contribution in [0.2, 0.25) is 0 Å². The van der Waals surface area contributed by atoms with Crippen molar-refractivity contribution in [1.82, 2.24) is 0 Å². The molecule has 0 fully saturated rings. The van der Waals surface area contributed by atoms with Crippen molar-refractivity contribution in [2.75, 3.05) is 20.6 Å². The van der Waals surface area contributed by atoms with Crippen molar-refractivity contribution in [3.8, 4) is 5.75 Å². The van der Waals surface area contributed by atoms with Gasteiger partial charge in [0.15, 0.2) is 0 Å². The van der Waals surface area contributed by atoms with Gasteiger partial charge in [0.1, 0.15) is 18.2 Å². The van der Waals surface area contributed by atoms with E-state index in [0.717, 1.165) is 29.6 Å². The molecule has 0 aliphatic carbocycles. The molecule has 2 unspecified atom stereocenters. The number of esters is 1. The molecule has 2 atom stereocenters. The highest BCUT2D eigenvalue weighted by atomic mass is 16.7. The molecular formula is C33H52NO3+. The topological polar surface area (TPSA) is 35.5 Å². The molecule has 0 saturated heterocycles. The van der Waals surface area contributed by atoms with E-state index in [9.17, 15) is 4.79 Å². The Morgan fingerprint density at radius 1 is 0.784 bits per heavy atom. The number of hydrogen-bond acceptors (Lipinski definition) is 3. The third-order valence-electron chi connectivity index (χ3n) is 6.91. The molecule has 0 heterocycles. The van der Waals surface area contributed by atoms with Crippen LogP contribution >= 0.6 is 0 Å². The lowest BCUT2D eigenvalue weighted by Crippen LogP contribution is -2.44. The fraction of sp³-hybridized carbons (Fsp3) is 0.606. The molecule has 4 heteroatoms. The Morgan fingerprint density at radius 2 is 1.41 bits per heavy atom. The van der Waals surface area contributed by atoms with Crippen LogP contribution in [0, 0.1) is 5.92 Å². The number of aryl methyl sites for hydroxylation is 1. The van der Waals surface area contributed by atoms with Crippen LogP contribution in [0.4, 0.5) is 0 Å². The van der Waals surface area contributed by atoms with Gasteiger partial charge in [-0.25, -0.2) is 0 Å². The Balaban J connectivity index is 1.77. The zero-order valence-corrected chi connectivity index (χ0v) is 24.2. The molecule has 206 valence electrons. The van der Waals surface area contributed by atoms with Crippen LogP contribution in [0.1, 0.15) is 96.1 Å². The number of benzene rings is 2. The molecule has 0 aliphatic heterocycles. The zero-order chi connectivity index (χ0) is 26.9. The summed E-state index contributed by atoms with van der Waals surface area (Å²) in [5, 5.41) is 0. The number of hydrogen-bond donors (Lipinski definition) is 0. The van der Waals surface area contributed by atoms with Crippen LogP contribution in [0.25, 0.3) is 0 Å². The van der Waals surface area contributed by atoms with E-state index in [2.05, 4.69) is 64.3 Å².